The van der Waals surface area contributed by atoms with Gasteiger partial charge in [-0.2, -0.15) is 0 Å². The number of hydrogen-bond donors (Lipinski definition) is 2. The van der Waals surface area contributed by atoms with Gasteiger partial charge in [-0.3, -0.25) is 0 Å². The minimum atomic E-state index is -0.423. The van der Waals surface area contributed by atoms with Gasteiger partial charge in [0.15, 0.2) is 0 Å². The van der Waals surface area contributed by atoms with E-state index >= 15 is 0 Å². The van der Waals surface area contributed by atoms with Gasteiger partial charge in [0.2, 0.25) is 0 Å². The standard InChI is InChI=1S/C14H21NO2/c1-11(16)13-4-2-3-5-14(13)15-10-12-6-8-17-9-7-12/h2-5,11-12,15-16H,6-10H2,1H3. The summed E-state index contributed by atoms with van der Waals surface area (Å²) in [6.07, 6.45) is 1.83. The molecule has 1 fully saturated rings. The van der Waals surface area contributed by atoms with Crippen LogP contribution in [-0.4, -0.2) is 24.9 Å². The second-order valence-corrected chi connectivity index (χ2v) is 4.70. The highest BCUT2D eigenvalue weighted by Crippen LogP contribution is 2.23. The molecule has 0 aliphatic carbocycles. The van der Waals surface area contributed by atoms with E-state index in [0.717, 1.165) is 43.9 Å². The van der Waals surface area contributed by atoms with Crippen molar-refractivity contribution in [2.45, 2.75) is 25.9 Å². The topological polar surface area (TPSA) is 41.5 Å². The number of aliphatic hydroxyl groups excluding tert-OH is 1. The second-order valence-electron chi connectivity index (χ2n) is 4.70. The van der Waals surface area contributed by atoms with Crippen LogP contribution in [0, 0.1) is 5.92 Å². The third-order valence-electron chi connectivity index (χ3n) is 3.33. The van der Waals surface area contributed by atoms with Crippen molar-refractivity contribution in [2.24, 2.45) is 5.92 Å². The summed E-state index contributed by atoms with van der Waals surface area (Å²) in [6, 6.07) is 7.96. The Balaban J connectivity index is 1.93. The highest BCUT2D eigenvalue weighted by Gasteiger charge is 2.14. The molecule has 0 spiro atoms. The highest BCUT2D eigenvalue weighted by molar-refractivity contribution is 5.52. The van der Waals surface area contributed by atoms with Crippen molar-refractivity contribution in [3.63, 3.8) is 0 Å². The maximum absolute atomic E-state index is 9.68. The maximum Gasteiger partial charge on any atom is 0.0781 e. The van der Waals surface area contributed by atoms with Crippen LogP contribution >= 0.6 is 0 Å². The molecule has 1 aliphatic heterocycles. The minimum Gasteiger partial charge on any atom is -0.389 e. The first-order chi connectivity index (χ1) is 8.27. The first-order valence-electron chi connectivity index (χ1n) is 6.36. The summed E-state index contributed by atoms with van der Waals surface area (Å²) in [5.41, 5.74) is 2.02. The molecule has 1 aromatic carbocycles. The molecule has 0 radical (unpaired) electrons. The van der Waals surface area contributed by atoms with Gasteiger partial charge in [-0.15, -0.1) is 0 Å². The molecule has 1 saturated heterocycles. The van der Waals surface area contributed by atoms with E-state index in [1.165, 1.54) is 0 Å². The highest BCUT2D eigenvalue weighted by atomic mass is 16.5. The molecule has 1 unspecified atom stereocenters. The quantitative estimate of drug-likeness (QED) is 0.842. The lowest BCUT2D eigenvalue weighted by Gasteiger charge is -2.23. The van der Waals surface area contributed by atoms with E-state index in [4.69, 9.17) is 4.74 Å². The molecule has 3 heteroatoms. The monoisotopic (exact) mass is 235 g/mol. The van der Waals surface area contributed by atoms with Gasteiger partial charge in [-0.25, -0.2) is 0 Å². The van der Waals surface area contributed by atoms with Gasteiger partial charge in [-0.05, 0) is 31.7 Å². The van der Waals surface area contributed by atoms with Crippen LogP contribution in [0.1, 0.15) is 31.4 Å². The largest absolute Gasteiger partial charge is 0.389 e. The fourth-order valence-corrected chi connectivity index (χ4v) is 2.23. The summed E-state index contributed by atoms with van der Waals surface area (Å²) in [5.74, 6) is 0.686. The van der Waals surface area contributed by atoms with E-state index < -0.39 is 6.10 Å². The van der Waals surface area contributed by atoms with E-state index in [-0.39, 0.29) is 0 Å². The number of rotatable bonds is 4. The predicted molar refractivity (Wildman–Crippen MR) is 69.1 cm³/mol. The molecular formula is C14H21NO2. The van der Waals surface area contributed by atoms with E-state index in [1.54, 1.807) is 6.92 Å². The summed E-state index contributed by atoms with van der Waals surface area (Å²) in [4.78, 5) is 0. The second kappa shape index (κ2) is 6.03. The number of ether oxygens (including phenoxy) is 1. The van der Waals surface area contributed by atoms with Gasteiger partial charge in [0.25, 0.3) is 0 Å². The van der Waals surface area contributed by atoms with Crippen LogP contribution in [0.25, 0.3) is 0 Å². The Morgan fingerprint density at radius 2 is 2.06 bits per heavy atom. The van der Waals surface area contributed by atoms with Crippen molar-refractivity contribution in [2.75, 3.05) is 25.1 Å². The molecule has 1 aromatic rings. The Labute approximate surface area is 103 Å². The normalized spacial score (nSPS) is 18.9. The summed E-state index contributed by atoms with van der Waals surface area (Å²) < 4.78 is 5.35. The van der Waals surface area contributed by atoms with Gasteiger partial charge in [0, 0.05) is 31.0 Å². The average Bonchev–Trinajstić information content (AvgIpc) is 2.38. The molecule has 1 aliphatic rings. The summed E-state index contributed by atoms with van der Waals surface area (Å²) in [5, 5.41) is 13.1. The first kappa shape index (κ1) is 12.4. The lowest BCUT2D eigenvalue weighted by molar-refractivity contribution is 0.0699. The fraction of sp³-hybridized carbons (Fsp3) is 0.571. The molecule has 0 aromatic heterocycles. The Hall–Kier alpha value is -1.06. The Bertz CT molecular complexity index is 346. The molecule has 0 amide bonds. The maximum atomic E-state index is 9.68. The Morgan fingerprint density at radius 3 is 2.76 bits per heavy atom. The molecule has 2 rings (SSSR count). The van der Waals surface area contributed by atoms with Gasteiger partial charge < -0.3 is 15.2 Å². The lowest BCUT2D eigenvalue weighted by Crippen LogP contribution is -2.23. The number of nitrogens with one attached hydrogen (secondary N) is 1. The zero-order valence-corrected chi connectivity index (χ0v) is 10.4. The molecule has 0 saturated carbocycles. The van der Waals surface area contributed by atoms with Crippen LogP contribution in [0.4, 0.5) is 5.69 Å². The molecular weight excluding hydrogens is 214 g/mol. The van der Waals surface area contributed by atoms with E-state index in [2.05, 4.69) is 5.32 Å². The smallest absolute Gasteiger partial charge is 0.0781 e. The number of hydrogen-bond acceptors (Lipinski definition) is 3. The van der Waals surface area contributed by atoms with Crippen LogP contribution in [0.5, 0.6) is 0 Å². The molecule has 3 nitrogen and oxygen atoms in total. The number of anilines is 1. The third-order valence-corrected chi connectivity index (χ3v) is 3.33. The van der Waals surface area contributed by atoms with E-state index in [9.17, 15) is 5.11 Å². The van der Waals surface area contributed by atoms with E-state index in [1.807, 2.05) is 24.3 Å². The van der Waals surface area contributed by atoms with Gasteiger partial charge in [0.1, 0.15) is 0 Å². The fourth-order valence-electron chi connectivity index (χ4n) is 2.23. The zero-order valence-electron chi connectivity index (χ0n) is 10.4. The van der Waals surface area contributed by atoms with Gasteiger partial charge in [-0.1, -0.05) is 18.2 Å². The average molecular weight is 235 g/mol. The molecule has 0 bridgehead atoms. The van der Waals surface area contributed by atoms with Crippen molar-refractivity contribution in [3.8, 4) is 0 Å². The molecule has 1 heterocycles. The molecule has 2 N–H and O–H groups in total. The van der Waals surface area contributed by atoms with Crippen molar-refractivity contribution in [1.29, 1.82) is 0 Å². The summed E-state index contributed by atoms with van der Waals surface area (Å²) in [6.45, 7) is 4.52. The minimum absolute atomic E-state index is 0.423. The number of para-hydroxylation sites is 1. The van der Waals surface area contributed by atoms with Crippen LogP contribution in [0.2, 0.25) is 0 Å². The molecule has 17 heavy (non-hydrogen) atoms. The summed E-state index contributed by atoms with van der Waals surface area (Å²) >= 11 is 0. The van der Waals surface area contributed by atoms with Crippen molar-refractivity contribution < 1.29 is 9.84 Å². The van der Waals surface area contributed by atoms with Gasteiger partial charge >= 0.3 is 0 Å². The van der Waals surface area contributed by atoms with Crippen molar-refractivity contribution in [1.82, 2.24) is 0 Å². The SMILES string of the molecule is CC(O)c1ccccc1NCC1CCOCC1. The Morgan fingerprint density at radius 1 is 1.35 bits per heavy atom. The van der Waals surface area contributed by atoms with Crippen molar-refractivity contribution >= 4 is 5.69 Å². The Kier molecular flexibility index (Phi) is 4.40. The molecule has 94 valence electrons. The third kappa shape index (κ3) is 3.45. The predicted octanol–water partition coefficient (Wildman–Crippen LogP) is 2.58. The van der Waals surface area contributed by atoms with E-state index in [0.29, 0.717) is 5.92 Å². The number of aliphatic hydroxyl groups is 1. The first-order valence-corrected chi connectivity index (χ1v) is 6.36. The number of benzene rings is 1. The zero-order chi connectivity index (χ0) is 12.1. The van der Waals surface area contributed by atoms with Crippen LogP contribution < -0.4 is 5.32 Å². The van der Waals surface area contributed by atoms with Crippen LogP contribution in [0.15, 0.2) is 24.3 Å². The lowest BCUT2D eigenvalue weighted by atomic mass is 10.00. The molecule has 1 atom stereocenters. The van der Waals surface area contributed by atoms with Crippen LogP contribution in [-0.2, 0) is 4.74 Å². The van der Waals surface area contributed by atoms with Gasteiger partial charge in [0.05, 0.1) is 6.10 Å². The van der Waals surface area contributed by atoms with Crippen LogP contribution in [0.3, 0.4) is 0 Å². The summed E-state index contributed by atoms with van der Waals surface area (Å²) in [7, 11) is 0. The van der Waals surface area contributed by atoms with Crippen molar-refractivity contribution in [3.05, 3.63) is 29.8 Å².